The minimum atomic E-state index is -5.08. The number of hydrogen-bond acceptors (Lipinski definition) is 21. The SMILES string of the molecule is CC[C@H](C)[C@@H]1NC(=O)[C@@H](CCCN=C(N)N)NC(=O)[C@H](CC(C)C)NC(=O)[C@H]([C@H](O)C(C)C)NC(=O)[C@@H](NC(=O)[C@H](CC(C)C)NC(=O)[C@H]2CCCN2C(=O)OC(C)(C)C)[C@@H](c2ccccc2)OC(=O)[C@H](CO)NC(=O)[C@H]([C@H](O)C(N)=O)NC(=O)CNC(=O)[C@H]([C@H](C)O)NC1=O.O=C(O)C(F)(F)F. The number of esters is 1. The van der Waals surface area contributed by atoms with Gasteiger partial charge in [-0.2, -0.15) is 13.2 Å². The Hall–Kier alpha value is -9.50. The summed E-state index contributed by atoms with van der Waals surface area (Å²) in [6.07, 6.45) is -13.8. The number of amides is 12. The highest BCUT2D eigenvalue weighted by Gasteiger charge is 2.45. The average molecular weight is 1470 g/mol. The van der Waals surface area contributed by atoms with E-state index < -0.39 is 211 Å². The van der Waals surface area contributed by atoms with E-state index in [0.717, 1.165) is 6.92 Å². The van der Waals surface area contributed by atoms with E-state index in [1.54, 1.807) is 62.3 Å². The Bertz CT molecular complexity index is 3140. The normalized spacial score (nSPS) is 24.3. The highest BCUT2D eigenvalue weighted by molar-refractivity contribution is 6.00. The summed E-state index contributed by atoms with van der Waals surface area (Å²) in [5, 5.41) is 75.5. The number of rotatable bonds is 21. The van der Waals surface area contributed by atoms with Crippen LogP contribution in [0.5, 0.6) is 0 Å². The molecule has 0 aliphatic carbocycles. The number of aliphatic carboxylic acids is 1. The summed E-state index contributed by atoms with van der Waals surface area (Å²) in [6, 6.07) is -11.1. The first-order chi connectivity index (χ1) is 47.8. The summed E-state index contributed by atoms with van der Waals surface area (Å²) in [5.74, 6) is -20.3. The van der Waals surface area contributed by atoms with Crippen LogP contribution < -0.4 is 70.4 Å². The van der Waals surface area contributed by atoms with Crippen molar-refractivity contribution in [1.29, 1.82) is 0 Å². The van der Waals surface area contributed by atoms with Gasteiger partial charge in [0, 0.05) is 13.1 Å². The molecule has 21 N–H and O–H groups in total. The number of carbonyl (C=O) groups is 14. The number of halogens is 3. The van der Waals surface area contributed by atoms with Crippen LogP contribution in [0.3, 0.4) is 0 Å². The molecule has 15 atom stereocenters. The number of nitrogens with zero attached hydrogens (tertiary/aromatic N) is 2. The number of carboxylic acids is 1. The number of aliphatic hydroxyl groups is 4. The Morgan fingerprint density at radius 1 is 0.718 bits per heavy atom. The van der Waals surface area contributed by atoms with Gasteiger partial charge >= 0.3 is 24.2 Å². The van der Waals surface area contributed by atoms with Gasteiger partial charge in [0.05, 0.1) is 25.4 Å². The number of carbonyl (C=O) groups excluding carboxylic acids is 13. The van der Waals surface area contributed by atoms with Crippen LogP contribution in [0.2, 0.25) is 0 Å². The van der Waals surface area contributed by atoms with Gasteiger partial charge in [-0.05, 0) is 95.5 Å². The number of cyclic esters (lactones) is 1. The van der Waals surface area contributed by atoms with Gasteiger partial charge in [-0.25, -0.2) is 14.4 Å². The maximum Gasteiger partial charge on any atom is 0.490 e. The maximum atomic E-state index is 15.5. The summed E-state index contributed by atoms with van der Waals surface area (Å²) in [5.41, 5.74) is 15.4. The van der Waals surface area contributed by atoms with E-state index in [9.17, 15) is 86.3 Å². The first-order valence-corrected chi connectivity index (χ1v) is 33.3. The van der Waals surface area contributed by atoms with Crippen molar-refractivity contribution >= 4 is 89.0 Å². The summed E-state index contributed by atoms with van der Waals surface area (Å²) in [6.45, 7) is 16.6. The predicted molar refractivity (Wildman–Crippen MR) is 358 cm³/mol. The lowest BCUT2D eigenvalue weighted by Crippen LogP contribution is -2.64. The van der Waals surface area contributed by atoms with Crippen LogP contribution in [0.15, 0.2) is 35.3 Å². The number of carboxylic acid groups (broad SMARTS) is 1. The Labute approximate surface area is 593 Å². The second-order valence-electron chi connectivity index (χ2n) is 27.0. The average Bonchev–Trinajstić information content (AvgIpc) is 1.12. The van der Waals surface area contributed by atoms with Gasteiger partial charge in [-0.1, -0.05) is 92.1 Å². The van der Waals surface area contributed by atoms with Gasteiger partial charge in [-0.3, -0.25) is 62.6 Å². The smallest absolute Gasteiger partial charge is 0.475 e. The Balaban J connectivity index is 0.00000487. The lowest BCUT2D eigenvalue weighted by molar-refractivity contribution is -0.192. The molecule has 2 heterocycles. The van der Waals surface area contributed by atoms with Crippen molar-refractivity contribution in [3.8, 4) is 0 Å². The van der Waals surface area contributed by atoms with E-state index in [1.165, 1.54) is 49.1 Å². The number of ether oxygens (including phenoxy) is 2. The van der Waals surface area contributed by atoms with Gasteiger partial charge in [0.25, 0.3) is 0 Å². The Morgan fingerprint density at radius 3 is 1.78 bits per heavy atom. The first-order valence-electron chi connectivity index (χ1n) is 33.3. The van der Waals surface area contributed by atoms with Crippen LogP contribution in [0, 0.1) is 23.7 Å². The second-order valence-corrected chi connectivity index (χ2v) is 27.0. The maximum absolute atomic E-state index is 15.5. The van der Waals surface area contributed by atoms with Crippen LogP contribution in [-0.4, -0.2) is 236 Å². The third kappa shape index (κ3) is 29.8. The number of benzene rings is 1. The molecule has 12 amide bonds. The number of nitrogens with one attached hydrogen (secondary N) is 10. The monoisotopic (exact) mass is 1470 g/mol. The minimum absolute atomic E-state index is 0.0343. The minimum Gasteiger partial charge on any atom is -0.475 e. The molecule has 36 nitrogen and oxygen atoms in total. The molecule has 2 aliphatic rings. The van der Waals surface area contributed by atoms with Crippen molar-refractivity contribution in [3.63, 3.8) is 0 Å². The second kappa shape index (κ2) is 41.6. The molecule has 3 rings (SSSR count). The summed E-state index contributed by atoms with van der Waals surface area (Å²) >= 11 is 0. The van der Waals surface area contributed by atoms with Gasteiger partial charge in [0.2, 0.25) is 65.0 Å². The van der Waals surface area contributed by atoms with Crippen molar-refractivity contribution in [3.05, 3.63) is 35.9 Å². The number of primary amides is 1. The third-order valence-electron chi connectivity index (χ3n) is 15.8. The standard InChI is InChI=1S/C62H101N15O19.C2HF3O2/c1-13-32(8)41-55(89)74-42(33(9)79)54(88)67-27-40(80)72-44(47(82)49(63)83)57(91)71-38(28-78)59(93)95-48(34-19-15-14-16-20-34)45(76-52(86)37(26-30(4)5)69-53(87)39-22-18-24-77(39)61(94)96-62(10,11)12)58(92)75-43(46(81)31(6)7)56(90)70-36(25-29(2)3)51(85)68-35(50(84)73-41)21-17-23-66-60(64)65;3-2(4,5)1(6)7/h14-16,19-20,29-33,35-39,41-48,78-79,81-82H,13,17-18,21-28H2,1-12H3,(H2,63,83)(H,67,88)(H,68,85)(H,69,87)(H,70,90)(H,71,91)(H,72,80)(H,73,84)(H,74,89)(H,75,92)(H,76,86)(H4,64,65,66);(H,6,7)/t32-,33-,35+,36-,37-,38-,39+,41-,42-,43-,44-,45-,46+,47-,48+;/m0./s1. The van der Waals surface area contributed by atoms with Crippen molar-refractivity contribution in [2.45, 2.75) is 225 Å². The predicted octanol–water partition coefficient (Wildman–Crippen LogP) is -3.78. The van der Waals surface area contributed by atoms with E-state index in [4.69, 9.17) is 36.6 Å². The third-order valence-corrected chi connectivity index (χ3v) is 15.8. The number of likely N-dealkylation sites (tertiary alicyclic amines) is 1. The zero-order valence-electron chi connectivity index (χ0n) is 59.6. The molecule has 2 saturated heterocycles. The van der Waals surface area contributed by atoms with E-state index in [2.05, 4.69) is 47.5 Å². The fraction of sp³-hybridized carbons (Fsp3) is 0.672. The van der Waals surface area contributed by atoms with Crippen LogP contribution >= 0.6 is 0 Å². The molecule has 2 fully saturated rings. The molecule has 0 spiro atoms. The quantitative estimate of drug-likeness (QED) is 0.0243. The summed E-state index contributed by atoms with van der Waals surface area (Å²) < 4.78 is 43.3. The fourth-order valence-corrected chi connectivity index (χ4v) is 10.2. The molecule has 0 unspecified atom stereocenters. The Morgan fingerprint density at radius 2 is 1.26 bits per heavy atom. The van der Waals surface area contributed by atoms with Crippen LogP contribution in [-0.2, 0) is 71.8 Å². The molecule has 0 aromatic heterocycles. The molecule has 580 valence electrons. The van der Waals surface area contributed by atoms with E-state index in [1.807, 2.05) is 10.6 Å². The van der Waals surface area contributed by atoms with E-state index >= 15 is 9.59 Å². The molecule has 0 bridgehead atoms. The van der Waals surface area contributed by atoms with Gasteiger partial charge in [-0.15, -0.1) is 0 Å². The van der Waals surface area contributed by atoms with Gasteiger partial charge in [0.15, 0.2) is 24.2 Å². The molecule has 2 aliphatic heterocycles. The van der Waals surface area contributed by atoms with Crippen LogP contribution in [0.1, 0.15) is 140 Å². The van der Waals surface area contributed by atoms with Crippen LogP contribution in [0.4, 0.5) is 18.0 Å². The zero-order chi connectivity index (χ0) is 78.7. The first kappa shape index (κ1) is 89.6. The molecule has 1 aromatic carbocycles. The number of hydrogen-bond donors (Lipinski definition) is 18. The number of aliphatic hydroxyl groups excluding tert-OH is 4. The molecule has 39 heteroatoms. The number of aliphatic imine (C=N–C) groups is 1. The van der Waals surface area contributed by atoms with Crippen molar-refractivity contribution in [1.82, 2.24) is 58.1 Å². The molecule has 0 radical (unpaired) electrons. The van der Waals surface area contributed by atoms with Crippen molar-refractivity contribution in [2.24, 2.45) is 45.9 Å². The largest absolute Gasteiger partial charge is 0.490 e. The molecule has 103 heavy (non-hydrogen) atoms. The van der Waals surface area contributed by atoms with Gasteiger partial charge in [0.1, 0.15) is 60.0 Å². The molecular formula is C64H102F3N15O21. The number of nitrogens with two attached hydrogens (primary N) is 3. The van der Waals surface area contributed by atoms with Crippen molar-refractivity contribution < 1.29 is 115 Å². The molecular weight excluding hydrogens is 1370 g/mol. The lowest BCUT2D eigenvalue weighted by atomic mass is 9.95. The number of alkyl halides is 3. The van der Waals surface area contributed by atoms with Gasteiger partial charge < -0.3 is 105 Å². The number of guanidine groups is 1. The summed E-state index contributed by atoms with van der Waals surface area (Å²) in [7, 11) is 0. The highest BCUT2D eigenvalue weighted by atomic mass is 19.4. The Kier molecular flexibility index (Phi) is 36.2. The zero-order valence-corrected chi connectivity index (χ0v) is 59.6. The lowest BCUT2D eigenvalue weighted by Gasteiger charge is -2.34. The molecule has 1 aromatic rings. The molecule has 0 saturated carbocycles. The summed E-state index contributed by atoms with van der Waals surface area (Å²) in [4.78, 5) is 199. The van der Waals surface area contributed by atoms with Crippen molar-refractivity contribution in [2.75, 3.05) is 26.2 Å². The topological polar surface area (TPSA) is 573 Å². The highest BCUT2D eigenvalue weighted by Crippen LogP contribution is 2.26. The van der Waals surface area contributed by atoms with Crippen LogP contribution in [0.25, 0.3) is 0 Å². The van der Waals surface area contributed by atoms with E-state index in [-0.39, 0.29) is 69.1 Å². The van der Waals surface area contributed by atoms with E-state index in [0.29, 0.717) is 6.42 Å². The fourth-order valence-electron chi connectivity index (χ4n) is 10.2.